The Morgan fingerprint density at radius 1 is 1.35 bits per heavy atom. The monoisotopic (exact) mass is 281 g/mol. The lowest BCUT2D eigenvalue weighted by Gasteiger charge is -2.28. The highest BCUT2D eigenvalue weighted by atomic mass is 16.5. The smallest absolute Gasteiger partial charge is 0.327 e. The third-order valence-corrected chi connectivity index (χ3v) is 2.72. The predicted molar refractivity (Wildman–Crippen MR) is 77.4 cm³/mol. The van der Waals surface area contributed by atoms with Crippen LogP contribution in [0, 0.1) is 0 Å². The van der Waals surface area contributed by atoms with Crippen LogP contribution in [0.1, 0.15) is 27.7 Å². The van der Waals surface area contributed by atoms with E-state index >= 15 is 0 Å². The Morgan fingerprint density at radius 2 is 1.95 bits per heavy atom. The number of ether oxygens (including phenoxy) is 2. The molecule has 0 aliphatic rings. The summed E-state index contributed by atoms with van der Waals surface area (Å²) in [5, 5.41) is 12.3. The van der Waals surface area contributed by atoms with Crippen molar-refractivity contribution in [3.05, 3.63) is 24.3 Å². The zero-order valence-electron chi connectivity index (χ0n) is 12.5. The van der Waals surface area contributed by atoms with Crippen LogP contribution in [0.3, 0.4) is 0 Å². The van der Waals surface area contributed by atoms with Crippen LogP contribution in [0.25, 0.3) is 0 Å². The highest BCUT2D eigenvalue weighted by Crippen LogP contribution is 2.20. The molecule has 0 aromatic heterocycles. The summed E-state index contributed by atoms with van der Waals surface area (Å²) in [6, 6.07) is 7.23. The molecule has 0 saturated heterocycles. The van der Waals surface area contributed by atoms with Gasteiger partial charge in [-0.2, -0.15) is 0 Å². The van der Waals surface area contributed by atoms with Gasteiger partial charge in [0.1, 0.15) is 23.6 Å². The minimum Gasteiger partial charge on any atom is -0.494 e. The van der Waals surface area contributed by atoms with Crippen molar-refractivity contribution >= 4 is 5.97 Å². The number of carboxylic acid groups (broad SMARTS) is 1. The SMILES string of the molecule is CCOc1cccc(OCC(C)(NC(C)C)C(=O)O)c1. The van der Waals surface area contributed by atoms with Crippen molar-refractivity contribution in [2.24, 2.45) is 0 Å². The second-order valence-electron chi connectivity index (χ2n) is 5.13. The van der Waals surface area contributed by atoms with Crippen LogP contribution in [0.4, 0.5) is 0 Å². The van der Waals surface area contributed by atoms with Crippen LogP contribution in [0.15, 0.2) is 24.3 Å². The van der Waals surface area contributed by atoms with Crippen molar-refractivity contribution in [2.45, 2.75) is 39.3 Å². The molecule has 0 amide bonds. The Hall–Kier alpha value is -1.75. The first-order valence-corrected chi connectivity index (χ1v) is 6.74. The van der Waals surface area contributed by atoms with E-state index in [0.717, 1.165) is 0 Å². The normalized spacial score (nSPS) is 13.8. The standard InChI is InChI=1S/C15H23NO4/c1-5-19-12-7-6-8-13(9-12)20-10-15(4,14(17)18)16-11(2)3/h6-9,11,16H,5,10H2,1-4H3,(H,17,18). The van der Waals surface area contributed by atoms with Gasteiger partial charge >= 0.3 is 5.97 Å². The van der Waals surface area contributed by atoms with E-state index in [2.05, 4.69) is 5.32 Å². The van der Waals surface area contributed by atoms with Crippen molar-refractivity contribution in [2.75, 3.05) is 13.2 Å². The lowest BCUT2D eigenvalue weighted by molar-refractivity contribution is -0.145. The summed E-state index contributed by atoms with van der Waals surface area (Å²) in [6.45, 7) is 7.93. The molecule has 1 rings (SSSR count). The molecule has 0 aliphatic heterocycles. The molecule has 0 saturated carbocycles. The highest BCUT2D eigenvalue weighted by molar-refractivity contribution is 5.78. The molecule has 112 valence electrons. The fourth-order valence-electron chi connectivity index (χ4n) is 1.85. The van der Waals surface area contributed by atoms with E-state index in [-0.39, 0.29) is 12.6 Å². The maximum Gasteiger partial charge on any atom is 0.327 e. The first-order valence-electron chi connectivity index (χ1n) is 6.74. The molecule has 1 atom stereocenters. The van der Waals surface area contributed by atoms with Crippen LogP contribution in [-0.2, 0) is 4.79 Å². The van der Waals surface area contributed by atoms with Gasteiger partial charge in [-0.1, -0.05) is 6.07 Å². The third kappa shape index (κ3) is 4.74. The molecule has 5 nitrogen and oxygen atoms in total. The Bertz CT molecular complexity index is 447. The molecule has 0 spiro atoms. The van der Waals surface area contributed by atoms with E-state index < -0.39 is 11.5 Å². The Kier molecular flexibility index (Phi) is 5.82. The zero-order valence-corrected chi connectivity index (χ0v) is 12.5. The van der Waals surface area contributed by atoms with Crippen molar-refractivity contribution in [3.63, 3.8) is 0 Å². The summed E-state index contributed by atoms with van der Waals surface area (Å²) in [6.07, 6.45) is 0. The number of hydrogen-bond donors (Lipinski definition) is 2. The van der Waals surface area contributed by atoms with Crippen molar-refractivity contribution in [3.8, 4) is 11.5 Å². The van der Waals surface area contributed by atoms with Crippen LogP contribution in [-0.4, -0.2) is 35.9 Å². The van der Waals surface area contributed by atoms with Gasteiger partial charge in [-0.15, -0.1) is 0 Å². The lowest BCUT2D eigenvalue weighted by Crippen LogP contribution is -2.56. The summed E-state index contributed by atoms with van der Waals surface area (Å²) in [7, 11) is 0. The number of carboxylic acids is 1. The van der Waals surface area contributed by atoms with E-state index in [1.807, 2.05) is 32.9 Å². The molecule has 0 heterocycles. The molecule has 0 fully saturated rings. The predicted octanol–water partition coefficient (Wildman–Crippen LogP) is 2.31. The van der Waals surface area contributed by atoms with Crippen LogP contribution in [0.2, 0.25) is 0 Å². The maximum atomic E-state index is 11.4. The summed E-state index contributed by atoms with van der Waals surface area (Å²) < 4.78 is 11.0. The molecular weight excluding hydrogens is 258 g/mol. The van der Waals surface area contributed by atoms with Crippen molar-refractivity contribution in [1.82, 2.24) is 5.32 Å². The summed E-state index contributed by atoms with van der Waals surface area (Å²) in [4.78, 5) is 11.4. The number of rotatable bonds is 8. The minimum absolute atomic E-state index is 0.0378. The van der Waals surface area contributed by atoms with Gasteiger partial charge in [0.05, 0.1) is 6.61 Å². The van der Waals surface area contributed by atoms with Gasteiger partial charge in [0, 0.05) is 12.1 Å². The number of benzene rings is 1. The van der Waals surface area contributed by atoms with Gasteiger partial charge < -0.3 is 14.6 Å². The lowest BCUT2D eigenvalue weighted by atomic mass is 10.0. The molecule has 2 N–H and O–H groups in total. The summed E-state index contributed by atoms with van der Waals surface area (Å²) >= 11 is 0. The number of aliphatic carboxylic acids is 1. The van der Waals surface area contributed by atoms with Gasteiger partial charge in [0.15, 0.2) is 0 Å². The first kappa shape index (κ1) is 16.3. The average Bonchev–Trinajstić information content (AvgIpc) is 2.36. The number of carbonyl (C=O) groups is 1. The molecule has 0 bridgehead atoms. The van der Waals surface area contributed by atoms with E-state index in [4.69, 9.17) is 9.47 Å². The second-order valence-corrected chi connectivity index (χ2v) is 5.13. The van der Waals surface area contributed by atoms with Gasteiger partial charge in [0.25, 0.3) is 0 Å². The number of nitrogens with one attached hydrogen (secondary N) is 1. The molecule has 5 heteroatoms. The quantitative estimate of drug-likeness (QED) is 0.765. The summed E-state index contributed by atoms with van der Waals surface area (Å²) in [5.74, 6) is 0.361. The zero-order chi connectivity index (χ0) is 15.2. The minimum atomic E-state index is -1.13. The molecule has 20 heavy (non-hydrogen) atoms. The Balaban J connectivity index is 2.72. The average molecular weight is 281 g/mol. The molecular formula is C15H23NO4. The highest BCUT2D eigenvalue weighted by Gasteiger charge is 2.34. The first-order chi connectivity index (χ1) is 9.37. The van der Waals surface area contributed by atoms with Gasteiger partial charge in [-0.25, -0.2) is 0 Å². The Labute approximate surface area is 119 Å². The van der Waals surface area contributed by atoms with Crippen LogP contribution >= 0.6 is 0 Å². The second kappa shape index (κ2) is 7.14. The van der Waals surface area contributed by atoms with Crippen LogP contribution in [0.5, 0.6) is 11.5 Å². The largest absolute Gasteiger partial charge is 0.494 e. The van der Waals surface area contributed by atoms with E-state index in [0.29, 0.717) is 18.1 Å². The van der Waals surface area contributed by atoms with Gasteiger partial charge in [0.2, 0.25) is 0 Å². The van der Waals surface area contributed by atoms with Gasteiger partial charge in [-0.3, -0.25) is 10.1 Å². The van der Waals surface area contributed by atoms with Crippen molar-refractivity contribution < 1.29 is 19.4 Å². The topological polar surface area (TPSA) is 67.8 Å². The van der Waals surface area contributed by atoms with E-state index in [1.165, 1.54) is 0 Å². The van der Waals surface area contributed by atoms with Crippen LogP contribution < -0.4 is 14.8 Å². The molecule has 1 unspecified atom stereocenters. The van der Waals surface area contributed by atoms with Crippen molar-refractivity contribution in [1.29, 1.82) is 0 Å². The molecule has 1 aromatic carbocycles. The van der Waals surface area contributed by atoms with E-state index in [1.54, 1.807) is 19.1 Å². The molecule has 0 radical (unpaired) electrons. The number of hydrogen-bond acceptors (Lipinski definition) is 4. The molecule has 1 aromatic rings. The molecule has 0 aliphatic carbocycles. The fraction of sp³-hybridized carbons (Fsp3) is 0.533. The van der Waals surface area contributed by atoms with Gasteiger partial charge in [-0.05, 0) is 39.8 Å². The fourth-order valence-corrected chi connectivity index (χ4v) is 1.85. The summed E-state index contributed by atoms with van der Waals surface area (Å²) in [5.41, 5.74) is -1.13. The third-order valence-electron chi connectivity index (χ3n) is 2.72. The maximum absolute atomic E-state index is 11.4. The van der Waals surface area contributed by atoms with E-state index in [9.17, 15) is 9.90 Å². The Morgan fingerprint density at radius 3 is 2.45 bits per heavy atom.